The van der Waals surface area contributed by atoms with Crippen LogP contribution < -0.4 is 20.1 Å². The molecule has 1 aliphatic carbocycles. The van der Waals surface area contributed by atoms with Gasteiger partial charge in [-0.15, -0.1) is 0 Å². The summed E-state index contributed by atoms with van der Waals surface area (Å²) in [6, 6.07) is 8.41. The number of nitrogens with zero attached hydrogens (tertiary/aromatic N) is 3. The lowest BCUT2D eigenvalue weighted by atomic mass is 9.65. The van der Waals surface area contributed by atoms with Gasteiger partial charge in [-0.25, -0.2) is 18.4 Å². The summed E-state index contributed by atoms with van der Waals surface area (Å²) in [4.78, 5) is 32.7. The van der Waals surface area contributed by atoms with E-state index >= 15 is 0 Å². The van der Waals surface area contributed by atoms with E-state index in [-0.39, 0.29) is 29.2 Å². The summed E-state index contributed by atoms with van der Waals surface area (Å²) < 4.78 is 38.0. The number of benzene rings is 2. The lowest BCUT2D eigenvalue weighted by Crippen LogP contribution is -2.58. The van der Waals surface area contributed by atoms with Crippen molar-refractivity contribution in [1.82, 2.24) is 20.0 Å². The van der Waals surface area contributed by atoms with Gasteiger partial charge in [0.25, 0.3) is 0 Å². The Labute approximate surface area is 233 Å². The average Bonchev–Trinajstić information content (AvgIpc) is 3.34. The van der Waals surface area contributed by atoms with Crippen LogP contribution in [0.4, 0.5) is 24.1 Å². The Morgan fingerprint density at radius 2 is 1.68 bits per heavy atom. The van der Waals surface area contributed by atoms with Gasteiger partial charge in [0.1, 0.15) is 0 Å². The largest absolute Gasteiger partial charge is 0.493 e. The molecule has 9 nitrogen and oxygen atoms in total. The highest BCUT2D eigenvalue weighted by molar-refractivity contribution is 5.89. The third-order valence-corrected chi connectivity index (χ3v) is 8.75. The van der Waals surface area contributed by atoms with Crippen molar-refractivity contribution in [2.24, 2.45) is 0 Å². The van der Waals surface area contributed by atoms with Gasteiger partial charge in [-0.2, -0.15) is 0 Å². The van der Waals surface area contributed by atoms with Gasteiger partial charge in [-0.3, -0.25) is 0 Å². The lowest BCUT2D eigenvalue weighted by molar-refractivity contribution is 0.0977. The second kappa shape index (κ2) is 11.5. The number of methoxy groups -OCH3 is 2. The maximum atomic E-state index is 13.8. The van der Waals surface area contributed by atoms with Gasteiger partial charge in [-0.05, 0) is 62.6 Å². The molecule has 4 amide bonds. The zero-order chi connectivity index (χ0) is 28.4. The van der Waals surface area contributed by atoms with Gasteiger partial charge in [0.2, 0.25) is 0 Å². The lowest BCUT2D eigenvalue weighted by Gasteiger charge is -2.46. The number of nitrogens with one attached hydrogen (secondary N) is 2. The first-order valence-corrected chi connectivity index (χ1v) is 13.7. The first-order valence-electron chi connectivity index (χ1n) is 13.7. The number of piperazine rings is 1. The maximum absolute atomic E-state index is 13.8. The number of hydrogen-bond donors (Lipinski definition) is 2. The molecule has 216 valence electrons. The van der Waals surface area contributed by atoms with E-state index in [0.717, 1.165) is 43.6 Å². The minimum atomic E-state index is -1.03. The zero-order valence-corrected chi connectivity index (χ0v) is 23.2. The molecule has 2 heterocycles. The van der Waals surface area contributed by atoms with Crippen molar-refractivity contribution in [1.29, 1.82) is 0 Å². The number of fused-ring (bicyclic) bond motifs is 1. The van der Waals surface area contributed by atoms with Crippen LogP contribution in [0.5, 0.6) is 11.5 Å². The fraction of sp³-hybridized carbons (Fsp3) is 0.517. The van der Waals surface area contributed by atoms with Crippen LogP contribution in [0.25, 0.3) is 0 Å². The van der Waals surface area contributed by atoms with Gasteiger partial charge in [0.15, 0.2) is 23.1 Å². The van der Waals surface area contributed by atoms with E-state index in [0.29, 0.717) is 44.0 Å². The monoisotopic (exact) mass is 557 g/mol. The molecule has 2 N–H and O–H groups in total. The predicted octanol–water partition coefficient (Wildman–Crippen LogP) is 4.04. The van der Waals surface area contributed by atoms with E-state index < -0.39 is 17.7 Å². The first kappa shape index (κ1) is 27.9. The van der Waals surface area contributed by atoms with E-state index in [4.69, 9.17) is 9.47 Å². The van der Waals surface area contributed by atoms with E-state index in [1.54, 1.807) is 14.2 Å². The Morgan fingerprint density at radius 3 is 2.38 bits per heavy atom. The SMILES string of the molecule is COc1ccc([C@@]23CC[C@H](NC(=O)Nc4ccc(F)c(F)c4)C[C@H]2N(C(=O)N2CCN(C)CC2)CC3)cc1OC. The molecular formula is C29H37F2N5O4. The Bertz CT molecular complexity index is 1250. The second-order valence-corrected chi connectivity index (χ2v) is 11.0. The summed E-state index contributed by atoms with van der Waals surface area (Å²) in [7, 11) is 5.27. The van der Waals surface area contributed by atoms with Crippen LogP contribution in [-0.2, 0) is 5.41 Å². The number of ether oxygens (including phenoxy) is 2. The van der Waals surface area contributed by atoms with E-state index in [9.17, 15) is 18.4 Å². The number of likely N-dealkylation sites (tertiary alicyclic amines) is 1. The van der Waals surface area contributed by atoms with Crippen LogP contribution in [0.1, 0.15) is 31.2 Å². The fourth-order valence-corrected chi connectivity index (χ4v) is 6.50. The molecule has 2 aromatic rings. The number of halogens is 2. The molecule has 0 aromatic heterocycles. The molecule has 3 fully saturated rings. The van der Waals surface area contributed by atoms with Gasteiger partial charge >= 0.3 is 12.1 Å². The number of urea groups is 2. The van der Waals surface area contributed by atoms with Crippen molar-refractivity contribution in [2.45, 2.75) is 43.2 Å². The molecule has 2 aliphatic heterocycles. The number of carbonyl (C=O) groups is 2. The Kier molecular flexibility index (Phi) is 8.02. The molecule has 3 aliphatic rings. The molecule has 2 aromatic carbocycles. The topological polar surface area (TPSA) is 86.4 Å². The number of rotatable bonds is 5. The van der Waals surface area contributed by atoms with Gasteiger partial charge < -0.3 is 34.8 Å². The fourth-order valence-electron chi connectivity index (χ4n) is 6.50. The minimum Gasteiger partial charge on any atom is -0.493 e. The van der Waals surface area contributed by atoms with Crippen LogP contribution in [-0.4, -0.2) is 92.8 Å². The van der Waals surface area contributed by atoms with E-state index in [1.807, 2.05) is 21.9 Å². The van der Waals surface area contributed by atoms with Gasteiger partial charge in [0.05, 0.1) is 14.2 Å². The normalized spacial score (nSPS) is 24.8. The molecule has 1 saturated carbocycles. The Morgan fingerprint density at radius 1 is 0.925 bits per heavy atom. The molecular weight excluding hydrogens is 520 g/mol. The van der Waals surface area contributed by atoms with E-state index in [1.165, 1.54) is 6.07 Å². The molecule has 3 atom stereocenters. The maximum Gasteiger partial charge on any atom is 0.320 e. The Balaban J connectivity index is 1.38. The quantitative estimate of drug-likeness (QED) is 0.580. The van der Waals surface area contributed by atoms with Crippen molar-refractivity contribution < 1.29 is 27.8 Å². The number of anilines is 1. The van der Waals surface area contributed by atoms with Gasteiger partial charge in [-0.1, -0.05) is 6.07 Å². The third-order valence-electron chi connectivity index (χ3n) is 8.75. The highest BCUT2D eigenvalue weighted by Crippen LogP contribution is 2.50. The van der Waals surface area contributed by atoms with Crippen molar-refractivity contribution in [2.75, 3.05) is 59.3 Å². The highest BCUT2D eigenvalue weighted by atomic mass is 19.2. The predicted molar refractivity (Wildman–Crippen MR) is 147 cm³/mol. The summed E-state index contributed by atoms with van der Waals surface area (Å²) in [6.07, 6.45) is 2.84. The summed E-state index contributed by atoms with van der Waals surface area (Å²) >= 11 is 0. The molecule has 2 saturated heterocycles. The van der Waals surface area contributed by atoms with Crippen molar-refractivity contribution >= 4 is 17.7 Å². The standard InChI is InChI=1S/C29H37F2N5O4/c1-34-12-14-35(15-13-34)28(38)36-11-10-29(19-4-7-24(39-2)25(16-19)40-3)9-8-21(18-26(29)36)33-27(37)32-20-5-6-22(30)23(31)17-20/h4-7,16-17,21,26H,8-15,18H2,1-3H3,(H2,32,33,37)/t21-,26+,29-/m0/s1. The van der Waals surface area contributed by atoms with Crippen molar-refractivity contribution in [3.63, 3.8) is 0 Å². The number of amides is 4. The van der Waals surface area contributed by atoms with Crippen LogP contribution in [0.2, 0.25) is 0 Å². The van der Waals surface area contributed by atoms with Crippen LogP contribution in [0.3, 0.4) is 0 Å². The average molecular weight is 558 g/mol. The second-order valence-electron chi connectivity index (χ2n) is 11.0. The molecule has 40 heavy (non-hydrogen) atoms. The molecule has 11 heteroatoms. The molecule has 0 spiro atoms. The van der Waals surface area contributed by atoms with Crippen LogP contribution in [0.15, 0.2) is 36.4 Å². The van der Waals surface area contributed by atoms with Crippen LogP contribution in [0, 0.1) is 11.6 Å². The molecule has 5 rings (SSSR count). The molecule has 0 bridgehead atoms. The number of carbonyl (C=O) groups excluding carboxylic acids is 2. The van der Waals surface area contributed by atoms with Gasteiger partial charge in [0, 0.05) is 62.0 Å². The number of likely N-dealkylation sites (N-methyl/N-ethyl adjacent to an activating group) is 1. The highest BCUT2D eigenvalue weighted by Gasteiger charge is 2.54. The molecule has 0 unspecified atom stereocenters. The number of hydrogen-bond acceptors (Lipinski definition) is 5. The smallest absolute Gasteiger partial charge is 0.320 e. The zero-order valence-electron chi connectivity index (χ0n) is 23.2. The first-order chi connectivity index (χ1) is 19.2. The minimum absolute atomic E-state index is 0.0346. The summed E-state index contributed by atoms with van der Waals surface area (Å²) in [5.41, 5.74) is 0.962. The summed E-state index contributed by atoms with van der Waals surface area (Å²) in [6.45, 7) is 3.65. The van der Waals surface area contributed by atoms with Crippen LogP contribution >= 0.6 is 0 Å². The summed E-state index contributed by atoms with van der Waals surface area (Å²) in [5.74, 6) is -0.717. The van der Waals surface area contributed by atoms with E-state index in [2.05, 4.69) is 28.6 Å². The van der Waals surface area contributed by atoms with Crippen molar-refractivity contribution in [3.8, 4) is 11.5 Å². The Hall–Kier alpha value is -3.60. The molecule has 0 radical (unpaired) electrons. The summed E-state index contributed by atoms with van der Waals surface area (Å²) in [5, 5.41) is 5.59. The third kappa shape index (κ3) is 5.39. The van der Waals surface area contributed by atoms with Crippen molar-refractivity contribution in [3.05, 3.63) is 53.6 Å².